The topological polar surface area (TPSA) is 95.6 Å². The molecule has 0 saturated carbocycles. The summed E-state index contributed by atoms with van der Waals surface area (Å²) >= 11 is 0. The molecule has 1 aromatic heterocycles. The van der Waals surface area contributed by atoms with E-state index in [1.54, 1.807) is 6.08 Å². The van der Waals surface area contributed by atoms with Crippen molar-refractivity contribution >= 4 is 17.9 Å². The molecule has 0 spiro atoms. The lowest BCUT2D eigenvalue weighted by Gasteiger charge is -2.09. The van der Waals surface area contributed by atoms with E-state index in [1.807, 2.05) is 47.3 Å². The molecule has 1 amide bonds. The number of benzene rings is 1. The van der Waals surface area contributed by atoms with E-state index < -0.39 is 5.91 Å². The number of aliphatic imine (C=N–C) groups is 1. The van der Waals surface area contributed by atoms with Crippen molar-refractivity contribution in [2.45, 2.75) is 6.42 Å². The van der Waals surface area contributed by atoms with Gasteiger partial charge in [-0.1, -0.05) is 0 Å². The minimum Gasteiger partial charge on any atom is -0.493 e. The van der Waals surface area contributed by atoms with Crippen LogP contribution < -0.4 is 16.2 Å². The van der Waals surface area contributed by atoms with Gasteiger partial charge in [0.2, 0.25) is 0 Å². The van der Waals surface area contributed by atoms with Gasteiger partial charge in [-0.05, 0) is 36.4 Å². The SMILES string of the molecule is NC(N)=NC(=O)C1=Cc2cc(-n3cccc3)ccc2OCC1. The van der Waals surface area contributed by atoms with Crippen molar-refractivity contribution in [1.82, 2.24) is 4.57 Å². The number of hydrogen-bond donors (Lipinski definition) is 2. The van der Waals surface area contributed by atoms with Crippen molar-refractivity contribution in [3.8, 4) is 11.4 Å². The molecule has 6 heteroatoms. The van der Waals surface area contributed by atoms with Crippen LogP contribution in [0.5, 0.6) is 5.75 Å². The zero-order valence-corrected chi connectivity index (χ0v) is 11.9. The van der Waals surface area contributed by atoms with E-state index in [2.05, 4.69) is 4.99 Å². The lowest BCUT2D eigenvalue weighted by Crippen LogP contribution is -2.24. The third-order valence-electron chi connectivity index (χ3n) is 3.36. The predicted molar refractivity (Wildman–Crippen MR) is 84.7 cm³/mol. The Bertz CT molecular complexity index is 756. The first-order chi connectivity index (χ1) is 10.6. The number of aromatic nitrogens is 1. The first-order valence-corrected chi connectivity index (χ1v) is 6.88. The summed E-state index contributed by atoms with van der Waals surface area (Å²) in [6.45, 7) is 0.410. The fourth-order valence-corrected chi connectivity index (χ4v) is 2.34. The molecule has 0 unspecified atom stereocenters. The second-order valence-electron chi connectivity index (χ2n) is 4.92. The molecule has 1 aliphatic rings. The standard InChI is InChI=1S/C16H16N4O2/c17-16(18)19-15(21)11-5-8-22-14-4-3-13(10-12(14)9-11)20-6-1-2-7-20/h1-4,6-7,9-10H,5,8H2,(H4,17,18,19,21). The second-order valence-corrected chi connectivity index (χ2v) is 4.92. The third-order valence-corrected chi connectivity index (χ3v) is 3.36. The molecule has 112 valence electrons. The summed E-state index contributed by atoms with van der Waals surface area (Å²) < 4.78 is 7.66. The van der Waals surface area contributed by atoms with Crippen LogP contribution in [0.15, 0.2) is 53.3 Å². The largest absolute Gasteiger partial charge is 0.493 e. The Morgan fingerprint density at radius 2 is 2.00 bits per heavy atom. The maximum Gasteiger partial charge on any atom is 0.276 e. The van der Waals surface area contributed by atoms with E-state index in [9.17, 15) is 4.79 Å². The molecule has 4 N–H and O–H groups in total. The van der Waals surface area contributed by atoms with Crippen molar-refractivity contribution < 1.29 is 9.53 Å². The number of carbonyl (C=O) groups is 1. The molecule has 2 heterocycles. The number of amides is 1. The monoisotopic (exact) mass is 296 g/mol. The Hall–Kier alpha value is -3.02. The predicted octanol–water partition coefficient (Wildman–Crippen LogP) is 1.44. The highest BCUT2D eigenvalue weighted by molar-refractivity contribution is 6.04. The average Bonchev–Trinajstić information content (AvgIpc) is 2.92. The maximum atomic E-state index is 12.0. The molecule has 1 aliphatic heterocycles. The molecule has 3 rings (SSSR count). The van der Waals surface area contributed by atoms with Gasteiger partial charge in [-0.3, -0.25) is 4.79 Å². The first-order valence-electron chi connectivity index (χ1n) is 6.88. The molecular formula is C16H16N4O2. The molecule has 0 saturated heterocycles. The number of carbonyl (C=O) groups excluding carboxylic acids is 1. The number of guanidine groups is 1. The third kappa shape index (κ3) is 2.85. The molecule has 6 nitrogen and oxygen atoms in total. The zero-order valence-electron chi connectivity index (χ0n) is 11.9. The summed E-state index contributed by atoms with van der Waals surface area (Å²) in [7, 11) is 0. The van der Waals surface area contributed by atoms with E-state index in [0.717, 1.165) is 17.0 Å². The molecule has 0 atom stereocenters. The molecular weight excluding hydrogens is 280 g/mol. The van der Waals surface area contributed by atoms with E-state index in [1.165, 1.54) is 0 Å². The van der Waals surface area contributed by atoms with Crippen LogP contribution in [0.2, 0.25) is 0 Å². The minimum absolute atomic E-state index is 0.239. The van der Waals surface area contributed by atoms with Gasteiger partial charge in [0.15, 0.2) is 5.96 Å². The summed E-state index contributed by atoms with van der Waals surface area (Å²) in [4.78, 5) is 15.6. The highest BCUT2D eigenvalue weighted by Crippen LogP contribution is 2.28. The Labute approximate surface area is 127 Å². The van der Waals surface area contributed by atoms with Gasteiger partial charge in [0.05, 0.1) is 6.61 Å². The van der Waals surface area contributed by atoms with E-state index in [4.69, 9.17) is 16.2 Å². The molecule has 0 aliphatic carbocycles. The van der Waals surface area contributed by atoms with Gasteiger partial charge in [-0.2, -0.15) is 4.99 Å². The van der Waals surface area contributed by atoms with Crippen molar-refractivity contribution in [1.29, 1.82) is 0 Å². The van der Waals surface area contributed by atoms with Crippen molar-refractivity contribution in [3.05, 3.63) is 53.9 Å². The van der Waals surface area contributed by atoms with Crippen LogP contribution in [-0.2, 0) is 4.79 Å². The Kier molecular flexibility index (Phi) is 3.65. The van der Waals surface area contributed by atoms with Gasteiger partial charge in [-0.25, -0.2) is 0 Å². The average molecular weight is 296 g/mol. The number of nitrogens with zero attached hydrogens (tertiary/aromatic N) is 2. The maximum absolute atomic E-state index is 12.0. The van der Waals surface area contributed by atoms with Crippen LogP contribution in [0.4, 0.5) is 0 Å². The number of fused-ring (bicyclic) bond motifs is 1. The van der Waals surface area contributed by atoms with Gasteiger partial charge < -0.3 is 20.8 Å². The lowest BCUT2D eigenvalue weighted by molar-refractivity contribution is -0.114. The van der Waals surface area contributed by atoms with Gasteiger partial charge in [0.1, 0.15) is 5.75 Å². The van der Waals surface area contributed by atoms with Gasteiger partial charge in [0.25, 0.3) is 5.91 Å². The van der Waals surface area contributed by atoms with E-state index in [0.29, 0.717) is 18.6 Å². The number of nitrogens with two attached hydrogens (primary N) is 2. The Balaban J connectivity index is 2.01. The minimum atomic E-state index is -0.428. The highest BCUT2D eigenvalue weighted by atomic mass is 16.5. The summed E-state index contributed by atoms with van der Waals surface area (Å²) in [6, 6.07) is 9.73. The van der Waals surface area contributed by atoms with Crippen molar-refractivity contribution in [2.75, 3.05) is 6.61 Å². The van der Waals surface area contributed by atoms with Crippen LogP contribution in [0.3, 0.4) is 0 Å². The summed E-state index contributed by atoms with van der Waals surface area (Å²) in [5.41, 5.74) is 12.9. The van der Waals surface area contributed by atoms with Crippen molar-refractivity contribution in [3.63, 3.8) is 0 Å². The van der Waals surface area contributed by atoms with Gasteiger partial charge in [-0.15, -0.1) is 0 Å². The summed E-state index contributed by atoms with van der Waals surface area (Å²) in [6.07, 6.45) is 6.15. The number of ether oxygens (including phenoxy) is 1. The second kappa shape index (κ2) is 5.77. The molecule has 2 aromatic rings. The summed E-state index contributed by atoms with van der Waals surface area (Å²) in [5.74, 6) is 0.0728. The number of rotatable bonds is 2. The normalized spacial score (nSPS) is 13.4. The lowest BCUT2D eigenvalue weighted by atomic mass is 10.1. The van der Waals surface area contributed by atoms with Crippen LogP contribution in [0.25, 0.3) is 11.8 Å². The van der Waals surface area contributed by atoms with Crippen LogP contribution in [0, 0.1) is 0 Å². The van der Waals surface area contributed by atoms with Crippen LogP contribution in [0.1, 0.15) is 12.0 Å². The fourth-order valence-electron chi connectivity index (χ4n) is 2.34. The van der Waals surface area contributed by atoms with E-state index >= 15 is 0 Å². The number of hydrogen-bond acceptors (Lipinski definition) is 2. The highest BCUT2D eigenvalue weighted by Gasteiger charge is 2.15. The van der Waals surface area contributed by atoms with Crippen LogP contribution in [-0.4, -0.2) is 23.0 Å². The van der Waals surface area contributed by atoms with Gasteiger partial charge in [0, 0.05) is 35.6 Å². The Morgan fingerprint density at radius 1 is 1.23 bits per heavy atom. The molecule has 0 radical (unpaired) electrons. The molecule has 0 bridgehead atoms. The zero-order chi connectivity index (χ0) is 15.5. The van der Waals surface area contributed by atoms with E-state index in [-0.39, 0.29) is 5.96 Å². The first kappa shape index (κ1) is 13.9. The molecule has 0 fully saturated rings. The fraction of sp³-hybridized carbons (Fsp3) is 0.125. The quantitative estimate of drug-likeness (QED) is 0.647. The smallest absolute Gasteiger partial charge is 0.276 e. The Morgan fingerprint density at radius 3 is 2.73 bits per heavy atom. The van der Waals surface area contributed by atoms with Crippen molar-refractivity contribution in [2.24, 2.45) is 16.5 Å². The van der Waals surface area contributed by atoms with Crippen LogP contribution >= 0.6 is 0 Å². The molecule has 1 aromatic carbocycles. The van der Waals surface area contributed by atoms with Gasteiger partial charge >= 0.3 is 0 Å². The summed E-state index contributed by atoms with van der Waals surface area (Å²) in [5, 5.41) is 0. The molecule has 22 heavy (non-hydrogen) atoms.